The average Bonchev–Trinajstić information content (AvgIpc) is 2.71. The van der Waals surface area contributed by atoms with Gasteiger partial charge in [0.05, 0.1) is 18.3 Å². The van der Waals surface area contributed by atoms with Gasteiger partial charge in [-0.25, -0.2) is 0 Å². The summed E-state index contributed by atoms with van der Waals surface area (Å²) < 4.78 is 2.00. The Morgan fingerprint density at radius 2 is 2.31 bits per heavy atom. The molecule has 1 N–H and O–H groups in total. The fourth-order valence-electron chi connectivity index (χ4n) is 1.70. The maximum absolute atomic E-state index is 9.12. The van der Waals surface area contributed by atoms with Gasteiger partial charge in [0.1, 0.15) is 0 Å². The van der Waals surface area contributed by atoms with Crippen molar-refractivity contribution >= 4 is 26.8 Å². The average molecular weight is 283 g/mol. The Kier molecular flexibility index (Phi) is 3.61. The largest absolute Gasteiger partial charge is 0.392 e. The van der Waals surface area contributed by atoms with Crippen LogP contribution in [-0.4, -0.2) is 20.2 Å². The van der Waals surface area contributed by atoms with Gasteiger partial charge in [-0.15, -0.1) is 0 Å². The van der Waals surface area contributed by atoms with Gasteiger partial charge in [0.2, 0.25) is 0 Å². The molecule has 1 heterocycles. The number of aliphatic hydroxyl groups is 1. The molecule has 0 unspecified atom stereocenters. The highest BCUT2D eigenvalue weighted by atomic mass is 79.9. The molecule has 0 aliphatic heterocycles. The van der Waals surface area contributed by atoms with Crippen molar-refractivity contribution in [2.24, 2.45) is 5.92 Å². The number of aromatic nitrogens is 2. The molecule has 0 amide bonds. The van der Waals surface area contributed by atoms with Crippen LogP contribution < -0.4 is 0 Å². The zero-order chi connectivity index (χ0) is 11.5. The SMILES string of the molecule is C[C@H](CBr)Cn1ncc2ccc(CO)cc21. The van der Waals surface area contributed by atoms with Crippen LogP contribution in [0.25, 0.3) is 10.9 Å². The number of benzene rings is 1. The van der Waals surface area contributed by atoms with E-state index in [4.69, 9.17) is 5.11 Å². The predicted molar refractivity (Wildman–Crippen MR) is 68.6 cm³/mol. The summed E-state index contributed by atoms with van der Waals surface area (Å²) in [6.45, 7) is 3.15. The fraction of sp³-hybridized carbons (Fsp3) is 0.417. The van der Waals surface area contributed by atoms with Crippen LogP contribution in [0, 0.1) is 5.92 Å². The predicted octanol–water partition coefficient (Wildman–Crippen LogP) is 2.56. The van der Waals surface area contributed by atoms with Gasteiger partial charge < -0.3 is 5.11 Å². The van der Waals surface area contributed by atoms with Gasteiger partial charge in [-0.2, -0.15) is 5.10 Å². The Morgan fingerprint density at radius 3 is 3.00 bits per heavy atom. The first-order chi connectivity index (χ1) is 7.74. The van der Waals surface area contributed by atoms with E-state index in [9.17, 15) is 0 Å². The van der Waals surface area contributed by atoms with Crippen molar-refractivity contribution in [1.82, 2.24) is 9.78 Å². The first kappa shape index (κ1) is 11.6. The van der Waals surface area contributed by atoms with E-state index in [-0.39, 0.29) is 6.61 Å². The number of alkyl halides is 1. The van der Waals surface area contributed by atoms with Gasteiger partial charge in [0, 0.05) is 17.3 Å². The Balaban J connectivity index is 2.38. The molecular weight excluding hydrogens is 268 g/mol. The Hall–Kier alpha value is -0.870. The lowest BCUT2D eigenvalue weighted by Crippen LogP contribution is -2.09. The van der Waals surface area contributed by atoms with Gasteiger partial charge in [-0.1, -0.05) is 35.0 Å². The minimum Gasteiger partial charge on any atom is -0.392 e. The first-order valence-corrected chi connectivity index (χ1v) is 6.48. The molecule has 0 saturated heterocycles. The van der Waals surface area contributed by atoms with Crippen LogP contribution in [0.4, 0.5) is 0 Å². The number of hydrogen-bond donors (Lipinski definition) is 1. The van der Waals surface area contributed by atoms with Crippen LogP contribution in [-0.2, 0) is 13.2 Å². The monoisotopic (exact) mass is 282 g/mol. The maximum Gasteiger partial charge on any atom is 0.0686 e. The zero-order valence-electron chi connectivity index (χ0n) is 9.23. The molecule has 2 aromatic rings. The molecule has 86 valence electrons. The first-order valence-electron chi connectivity index (χ1n) is 5.36. The third-order valence-corrected chi connectivity index (χ3v) is 3.75. The third kappa shape index (κ3) is 2.28. The molecule has 0 aliphatic carbocycles. The van der Waals surface area contributed by atoms with Crippen molar-refractivity contribution in [2.45, 2.75) is 20.1 Å². The molecule has 0 fully saturated rings. The molecule has 16 heavy (non-hydrogen) atoms. The molecule has 0 bridgehead atoms. The van der Waals surface area contributed by atoms with Crippen molar-refractivity contribution in [1.29, 1.82) is 0 Å². The number of halogens is 1. The highest BCUT2D eigenvalue weighted by Gasteiger charge is 2.07. The van der Waals surface area contributed by atoms with E-state index in [1.165, 1.54) is 0 Å². The summed E-state index contributed by atoms with van der Waals surface area (Å²) in [6, 6.07) is 5.94. The Morgan fingerprint density at radius 1 is 1.50 bits per heavy atom. The molecule has 0 aliphatic rings. The van der Waals surface area contributed by atoms with Gasteiger partial charge in [0.25, 0.3) is 0 Å². The minimum absolute atomic E-state index is 0.0785. The van der Waals surface area contributed by atoms with E-state index in [0.717, 1.165) is 28.3 Å². The molecule has 1 aromatic heterocycles. The van der Waals surface area contributed by atoms with Gasteiger partial charge in [-0.3, -0.25) is 4.68 Å². The second-order valence-corrected chi connectivity index (χ2v) is 4.78. The molecule has 2 rings (SSSR count). The van der Waals surface area contributed by atoms with Crippen LogP contribution in [0.2, 0.25) is 0 Å². The Bertz CT molecular complexity index is 481. The molecule has 0 saturated carbocycles. The quantitative estimate of drug-likeness (QED) is 0.876. The number of nitrogens with zero attached hydrogens (tertiary/aromatic N) is 2. The molecule has 3 nitrogen and oxygen atoms in total. The van der Waals surface area contributed by atoms with Gasteiger partial charge in [-0.05, 0) is 17.5 Å². The van der Waals surface area contributed by atoms with Crippen LogP contribution in [0.1, 0.15) is 12.5 Å². The van der Waals surface area contributed by atoms with E-state index in [2.05, 4.69) is 28.0 Å². The summed E-state index contributed by atoms with van der Waals surface area (Å²) >= 11 is 3.47. The van der Waals surface area contributed by atoms with Crippen LogP contribution in [0.5, 0.6) is 0 Å². The number of rotatable bonds is 4. The van der Waals surface area contributed by atoms with Crippen molar-refractivity contribution in [3.8, 4) is 0 Å². The number of hydrogen-bond acceptors (Lipinski definition) is 2. The lowest BCUT2D eigenvalue weighted by molar-refractivity contribution is 0.282. The normalized spacial score (nSPS) is 13.2. The highest BCUT2D eigenvalue weighted by molar-refractivity contribution is 9.09. The second kappa shape index (κ2) is 4.97. The van der Waals surface area contributed by atoms with Crippen molar-refractivity contribution in [2.75, 3.05) is 5.33 Å². The van der Waals surface area contributed by atoms with Gasteiger partial charge >= 0.3 is 0 Å². The van der Waals surface area contributed by atoms with Crippen LogP contribution in [0.15, 0.2) is 24.4 Å². The molecule has 4 heteroatoms. The molecular formula is C12H15BrN2O. The number of fused-ring (bicyclic) bond motifs is 1. The minimum atomic E-state index is 0.0785. The standard InChI is InChI=1S/C12H15BrN2O/c1-9(5-13)7-15-12-4-10(8-16)2-3-11(12)6-14-15/h2-4,6,9,16H,5,7-8H2,1H3/t9-/m1/s1. The van der Waals surface area contributed by atoms with Crippen molar-refractivity contribution in [3.63, 3.8) is 0 Å². The van der Waals surface area contributed by atoms with E-state index >= 15 is 0 Å². The maximum atomic E-state index is 9.12. The van der Waals surface area contributed by atoms with E-state index in [0.29, 0.717) is 5.92 Å². The lowest BCUT2D eigenvalue weighted by atomic mass is 10.1. The summed E-state index contributed by atoms with van der Waals surface area (Å²) in [5, 5.41) is 15.6. The highest BCUT2D eigenvalue weighted by Crippen LogP contribution is 2.17. The fourth-order valence-corrected chi connectivity index (χ4v) is 1.91. The zero-order valence-corrected chi connectivity index (χ0v) is 10.8. The van der Waals surface area contributed by atoms with Crippen molar-refractivity contribution in [3.05, 3.63) is 30.0 Å². The smallest absolute Gasteiger partial charge is 0.0686 e. The summed E-state index contributed by atoms with van der Waals surface area (Å²) in [4.78, 5) is 0. The molecule has 1 aromatic carbocycles. The third-order valence-electron chi connectivity index (χ3n) is 2.64. The summed E-state index contributed by atoms with van der Waals surface area (Å²) in [5.74, 6) is 0.542. The topological polar surface area (TPSA) is 38.0 Å². The summed E-state index contributed by atoms with van der Waals surface area (Å²) in [5.41, 5.74) is 2.03. The lowest BCUT2D eigenvalue weighted by Gasteiger charge is -2.09. The second-order valence-electron chi connectivity index (χ2n) is 4.14. The number of aliphatic hydroxyl groups excluding tert-OH is 1. The summed E-state index contributed by atoms with van der Waals surface area (Å²) in [6.07, 6.45) is 1.87. The molecule has 0 spiro atoms. The van der Waals surface area contributed by atoms with E-state index in [1.54, 1.807) is 0 Å². The van der Waals surface area contributed by atoms with E-state index < -0.39 is 0 Å². The van der Waals surface area contributed by atoms with Crippen LogP contribution in [0.3, 0.4) is 0 Å². The van der Waals surface area contributed by atoms with Crippen molar-refractivity contribution < 1.29 is 5.11 Å². The van der Waals surface area contributed by atoms with E-state index in [1.807, 2.05) is 29.1 Å². The summed E-state index contributed by atoms with van der Waals surface area (Å²) in [7, 11) is 0. The Labute approximate surface area is 103 Å². The molecule has 0 radical (unpaired) electrons. The molecule has 1 atom stereocenters. The van der Waals surface area contributed by atoms with Gasteiger partial charge in [0.15, 0.2) is 0 Å². The van der Waals surface area contributed by atoms with Crippen LogP contribution >= 0.6 is 15.9 Å².